The minimum Gasteiger partial charge on any atom is -0.384 e. The summed E-state index contributed by atoms with van der Waals surface area (Å²) in [4.78, 5) is 0. The summed E-state index contributed by atoms with van der Waals surface area (Å²) in [6.07, 6.45) is 2.45. The topological polar surface area (TPSA) is 24.1 Å². The van der Waals surface area contributed by atoms with Crippen molar-refractivity contribution >= 4 is 28.9 Å². The maximum atomic E-state index is 6.08. The van der Waals surface area contributed by atoms with Crippen LogP contribution in [-0.2, 0) is 0 Å². The molecule has 1 fully saturated rings. The van der Waals surface area contributed by atoms with E-state index in [1.807, 2.05) is 12.1 Å². The van der Waals surface area contributed by atoms with E-state index >= 15 is 0 Å². The van der Waals surface area contributed by atoms with E-state index in [1.54, 1.807) is 6.07 Å². The number of halogens is 2. The van der Waals surface area contributed by atoms with Gasteiger partial charge in [-0.15, -0.1) is 0 Å². The SMILES string of the molecule is Clc1ccc(Cl)c(NCC2CCNCC2)c1. The van der Waals surface area contributed by atoms with Crippen molar-refractivity contribution in [3.05, 3.63) is 28.2 Å². The van der Waals surface area contributed by atoms with Crippen LogP contribution >= 0.6 is 23.2 Å². The van der Waals surface area contributed by atoms with E-state index in [9.17, 15) is 0 Å². The van der Waals surface area contributed by atoms with Gasteiger partial charge in [0.2, 0.25) is 0 Å². The van der Waals surface area contributed by atoms with Crippen molar-refractivity contribution < 1.29 is 0 Å². The Morgan fingerprint density at radius 3 is 2.75 bits per heavy atom. The van der Waals surface area contributed by atoms with Crippen LogP contribution < -0.4 is 10.6 Å². The Bertz CT molecular complexity index is 349. The number of anilines is 1. The van der Waals surface area contributed by atoms with Crippen LogP contribution in [0, 0.1) is 5.92 Å². The van der Waals surface area contributed by atoms with Gasteiger partial charge in [-0.3, -0.25) is 0 Å². The molecule has 0 saturated carbocycles. The molecule has 4 heteroatoms. The Labute approximate surface area is 106 Å². The Balaban J connectivity index is 1.90. The number of hydrogen-bond donors (Lipinski definition) is 2. The molecule has 0 unspecified atom stereocenters. The molecule has 1 saturated heterocycles. The fraction of sp³-hybridized carbons (Fsp3) is 0.500. The van der Waals surface area contributed by atoms with Gasteiger partial charge in [-0.05, 0) is 50.0 Å². The minimum absolute atomic E-state index is 0.720. The van der Waals surface area contributed by atoms with Gasteiger partial charge in [0.15, 0.2) is 0 Å². The molecule has 2 rings (SSSR count). The maximum Gasteiger partial charge on any atom is 0.0638 e. The molecule has 2 nitrogen and oxygen atoms in total. The molecule has 1 aliphatic heterocycles. The van der Waals surface area contributed by atoms with E-state index in [0.717, 1.165) is 41.3 Å². The Hall–Kier alpha value is -0.440. The van der Waals surface area contributed by atoms with Crippen LogP contribution in [0.25, 0.3) is 0 Å². The van der Waals surface area contributed by atoms with E-state index in [2.05, 4.69) is 10.6 Å². The van der Waals surface area contributed by atoms with E-state index < -0.39 is 0 Å². The van der Waals surface area contributed by atoms with E-state index in [1.165, 1.54) is 12.8 Å². The lowest BCUT2D eigenvalue weighted by Gasteiger charge is -2.23. The van der Waals surface area contributed by atoms with E-state index in [-0.39, 0.29) is 0 Å². The quantitative estimate of drug-likeness (QED) is 0.869. The van der Waals surface area contributed by atoms with Gasteiger partial charge in [0, 0.05) is 11.6 Å². The predicted octanol–water partition coefficient (Wildman–Crippen LogP) is 3.40. The zero-order valence-electron chi connectivity index (χ0n) is 9.10. The summed E-state index contributed by atoms with van der Waals surface area (Å²) in [5.41, 5.74) is 0.938. The third kappa shape index (κ3) is 3.27. The summed E-state index contributed by atoms with van der Waals surface area (Å²) < 4.78 is 0. The van der Waals surface area contributed by atoms with Crippen LogP contribution in [0.5, 0.6) is 0 Å². The Kier molecular flexibility index (Phi) is 4.33. The monoisotopic (exact) mass is 258 g/mol. The second kappa shape index (κ2) is 5.76. The molecule has 0 aliphatic carbocycles. The highest BCUT2D eigenvalue weighted by atomic mass is 35.5. The van der Waals surface area contributed by atoms with Crippen LogP contribution in [0.15, 0.2) is 18.2 Å². The van der Waals surface area contributed by atoms with Gasteiger partial charge in [-0.2, -0.15) is 0 Å². The molecule has 0 aromatic heterocycles. The Morgan fingerprint density at radius 2 is 2.00 bits per heavy atom. The first-order valence-corrected chi connectivity index (χ1v) is 6.41. The summed E-state index contributed by atoms with van der Waals surface area (Å²) in [5.74, 6) is 0.733. The van der Waals surface area contributed by atoms with Gasteiger partial charge >= 0.3 is 0 Å². The number of piperidine rings is 1. The van der Waals surface area contributed by atoms with E-state index in [0.29, 0.717) is 0 Å². The molecule has 16 heavy (non-hydrogen) atoms. The third-order valence-corrected chi connectivity index (χ3v) is 3.53. The van der Waals surface area contributed by atoms with Crippen molar-refractivity contribution in [3.8, 4) is 0 Å². The second-order valence-corrected chi connectivity index (χ2v) is 5.04. The van der Waals surface area contributed by atoms with Gasteiger partial charge in [-0.1, -0.05) is 23.2 Å². The molecular weight excluding hydrogens is 243 g/mol. The summed E-state index contributed by atoms with van der Waals surface area (Å²) in [6, 6.07) is 5.51. The summed E-state index contributed by atoms with van der Waals surface area (Å²) in [6.45, 7) is 3.22. The van der Waals surface area contributed by atoms with Crippen LogP contribution in [-0.4, -0.2) is 19.6 Å². The number of rotatable bonds is 3. The molecule has 1 aromatic rings. The summed E-state index contributed by atoms with van der Waals surface area (Å²) in [5, 5.41) is 8.19. The largest absolute Gasteiger partial charge is 0.384 e. The van der Waals surface area contributed by atoms with Crippen LogP contribution in [0.4, 0.5) is 5.69 Å². The molecule has 1 aromatic carbocycles. The molecule has 0 spiro atoms. The lowest BCUT2D eigenvalue weighted by atomic mass is 9.98. The third-order valence-electron chi connectivity index (χ3n) is 2.97. The summed E-state index contributed by atoms with van der Waals surface area (Å²) >= 11 is 12.0. The van der Waals surface area contributed by atoms with Gasteiger partial charge in [-0.25, -0.2) is 0 Å². The highest BCUT2D eigenvalue weighted by Crippen LogP contribution is 2.26. The molecule has 1 aliphatic rings. The van der Waals surface area contributed by atoms with Gasteiger partial charge in [0.1, 0.15) is 0 Å². The standard InChI is InChI=1S/C12H16Cl2N2/c13-10-1-2-11(14)12(7-10)16-8-9-3-5-15-6-4-9/h1-2,7,9,15-16H,3-6,8H2. The lowest BCUT2D eigenvalue weighted by molar-refractivity contribution is 0.390. The smallest absolute Gasteiger partial charge is 0.0638 e. The number of nitrogens with one attached hydrogen (secondary N) is 2. The molecule has 0 radical (unpaired) electrons. The maximum absolute atomic E-state index is 6.08. The zero-order valence-corrected chi connectivity index (χ0v) is 10.6. The van der Waals surface area contributed by atoms with Crippen molar-refractivity contribution in [2.75, 3.05) is 25.0 Å². The molecular formula is C12H16Cl2N2. The van der Waals surface area contributed by atoms with Crippen molar-refractivity contribution in [2.24, 2.45) is 5.92 Å². The zero-order chi connectivity index (χ0) is 11.4. The number of hydrogen-bond acceptors (Lipinski definition) is 2. The average molecular weight is 259 g/mol. The Morgan fingerprint density at radius 1 is 1.25 bits per heavy atom. The molecule has 0 atom stereocenters. The molecule has 2 N–H and O–H groups in total. The van der Waals surface area contributed by atoms with Crippen LogP contribution in [0.1, 0.15) is 12.8 Å². The molecule has 1 heterocycles. The van der Waals surface area contributed by atoms with Crippen LogP contribution in [0.3, 0.4) is 0 Å². The van der Waals surface area contributed by atoms with Crippen molar-refractivity contribution in [1.29, 1.82) is 0 Å². The average Bonchev–Trinajstić information content (AvgIpc) is 2.32. The highest BCUT2D eigenvalue weighted by molar-refractivity contribution is 6.35. The first-order valence-electron chi connectivity index (χ1n) is 5.65. The lowest BCUT2D eigenvalue weighted by Crippen LogP contribution is -2.31. The van der Waals surface area contributed by atoms with Crippen LogP contribution in [0.2, 0.25) is 10.0 Å². The fourth-order valence-electron chi connectivity index (χ4n) is 1.97. The van der Waals surface area contributed by atoms with E-state index in [4.69, 9.17) is 23.2 Å². The normalized spacial score (nSPS) is 17.4. The van der Waals surface area contributed by atoms with Gasteiger partial charge in [0.25, 0.3) is 0 Å². The number of benzene rings is 1. The minimum atomic E-state index is 0.720. The highest BCUT2D eigenvalue weighted by Gasteiger charge is 2.12. The molecule has 88 valence electrons. The fourth-order valence-corrected chi connectivity index (χ4v) is 2.33. The predicted molar refractivity (Wildman–Crippen MR) is 70.5 cm³/mol. The van der Waals surface area contributed by atoms with Gasteiger partial charge in [0.05, 0.1) is 10.7 Å². The van der Waals surface area contributed by atoms with Crippen molar-refractivity contribution in [3.63, 3.8) is 0 Å². The first kappa shape index (κ1) is 12.0. The first-order chi connectivity index (χ1) is 7.75. The van der Waals surface area contributed by atoms with Crippen molar-refractivity contribution in [1.82, 2.24) is 5.32 Å². The molecule has 0 bridgehead atoms. The van der Waals surface area contributed by atoms with Gasteiger partial charge < -0.3 is 10.6 Å². The summed E-state index contributed by atoms with van der Waals surface area (Å²) in [7, 11) is 0. The molecule has 0 amide bonds. The second-order valence-electron chi connectivity index (χ2n) is 4.20. The van der Waals surface area contributed by atoms with Crippen molar-refractivity contribution in [2.45, 2.75) is 12.8 Å².